The van der Waals surface area contributed by atoms with E-state index in [-0.39, 0.29) is 18.6 Å². The van der Waals surface area contributed by atoms with Crippen LogP contribution in [0.15, 0.2) is 24.5 Å². The number of aromatic nitrogens is 1. The molecule has 0 saturated carbocycles. The number of nitrogens with zero attached hydrogens (tertiary/aromatic N) is 1. The van der Waals surface area contributed by atoms with Gasteiger partial charge in [0.2, 0.25) is 0 Å². The van der Waals surface area contributed by atoms with Gasteiger partial charge in [0, 0.05) is 18.9 Å². The van der Waals surface area contributed by atoms with E-state index in [1.54, 1.807) is 12.4 Å². The van der Waals surface area contributed by atoms with Gasteiger partial charge in [-0.15, -0.1) is 0 Å². The fourth-order valence-corrected chi connectivity index (χ4v) is 1.97. The fraction of sp³-hybridized carbons (Fsp3) is 0.600. The van der Waals surface area contributed by atoms with Crippen LogP contribution in [0.4, 0.5) is 4.79 Å². The highest BCUT2D eigenvalue weighted by Crippen LogP contribution is 2.15. The first kappa shape index (κ1) is 16.4. The molecule has 0 aromatic carbocycles. The summed E-state index contributed by atoms with van der Waals surface area (Å²) < 4.78 is 0. The molecule has 20 heavy (non-hydrogen) atoms. The molecule has 1 heterocycles. The predicted octanol–water partition coefficient (Wildman–Crippen LogP) is 2.38. The minimum Gasteiger partial charge on any atom is -0.388 e. The van der Waals surface area contributed by atoms with E-state index in [4.69, 9.17) is 0 Å². The Balaban J connectivity index is 2.52. The van der Waals surface area contributed by atoms with Crippen molar-refractivity contribution in [2.24, 2.45) is 0 Å². The Bertz CT molecular complexity index is 405. The molecule has 1 aromatic rings. The Labute approximate surface area is 120 Å². The molecular formula is C15H25N3O2. The summed E-state index contributed by atoms with van der Waals surface area (Å²) in [5.74, 6) is 0. The topological polar surface area (TPSA) is 74.2 Å². The molecule has 0 aliphatic rings. The van der Waals surface area contributed by atoms with Crippen molar-refractivity contribution in [3.05, 3.63) is 30.1 Å². The molecule has 5 heteroatoms. The van der Waals surface area contributed by atoms with Gasteiger partial charge in [-0.2, -0.15) is 0 Å². The normalized spacial score (nSPS) is 12.8. The smallest absolute Gasteiger partial charge is 0.315 e. The molecule has 0 spiro atoms. The number of hydrogen-bond acceptors (Lipinski definition) is 3. The first-order chi connectivity index (χ1) is 9.54. The summed E-state index contributed by atoms with van der Waals surface area (Å²) in [6.07, 6.45) is 5.45. The Morgan fingerprint density at radius 2 is 1.90 bits per heavy atom. The van der Waals surface area contributed by atoms with E-state index < -0.39 is 5.60 Å². The summed E-state index contributed by atoms with van der Waals surface area (Å²) in [6.45, 7) is 6.10. The zero-order chi connectivity index (χ0) is 15.0. The molecule has 3 N–H and O–H groups in total. The first-order valence-corrected chi connectivity index (χ1v) is 7.21. The van der Waals surface area contributed by atoms with Crippen molar-refractivity contribution in [1.29, 1.82) is 0 Å². The van der Waals surface area contributed by atoms with Crippen LogP contribution < -0.4 is 10.6 Å². The van der Waals surface area contributed by atoms with Gasteiger partial charge in [0.1, 0.15) is 0 Å². The molecule has 2 amide bonds. The maximum Gasteiger partial charge on any atom is 0.315 e. The van der Waals surface area contributed by atoms with E-state index in [0.29, 0.717) is 12.8 Å². The molecule has 0 fully saturated rings. The van der Waals surface area contributed by atoms with Gasteiger partial charge in [-0.25, -0.2) is 4.79 Å². The number of rotatable bonds is 7. The molecular weight excluding hydrogens is 254 g/mol. The van der Waals surface area contributed by atoms with Gasteiger partial charge in [0.05, 0.1) is 11.6 Å². The summed E-state index contributed by atoms with van der Waals surface area (Å²) in [4.78, 5) is 15.9. The van der Waals surface area contributed by atoms with Crippen molar-refractivity contribution in [3.8, 4) is 0 Å². The number of carbonyl (C=O) groups is 1. The van der Waals surface area contributed by atoms with E-state index in [1.807, 2.05) is 32.9 Å². The standard InChI is InChI=1S/C15H25N3O2/c1-4-13(12-7-9-16-10-8-12)18-14(19)17-11-15(20,5-2)6-3/h7-10,13,20H,4-6,11H2,1-3H3,(H2,17,18,19). The molecule has 1 atom stereocenters. The van der Waals surface area contributed by atoms with Gasteiger partial charge in [0.25, 0.3) is 0 Å². The summed E-state index contributed by atoms with van der Waals surface area (Å²) in [5, 5.41) is 15.8. The van der Waals surface area contributed by atoms with Crippen LogP contribution >= 0.6 is 0 Å². The molecule has 1 aromatic heterocycles. The van der Waals surface area contributed by atoms with Crippen LogP contribution in [0.5, 0.6) is 0 Å². The van der Waals surface area contributed by atoms with Crippen LogP contribution in [0, 0.1) is 0 Å². The molecule has 0 radical (unpaired) electrons. The van der Waals surface area contributed by atoms with Crippen LogP contribution in [-0.4, -0.2) is 28.3 Å². The second kappa shape index (κ2) is 7.85. The Kier molecular flexibility index (Phi) is 6.45. The molecule has 0 bridgehead atoms. The number of pyridine rings is 1. The Morgan fingerprint density at radius 1 is 1.30 bits per heavy atom. The lowest BCUT2D eigenvalue weighted by Crippen LogP contribution is -2.46. The Morgan fingerprint density at radius 3 is 2.40 bits per heavy atom. The van der Waals surface area contributed by atoms with E-state index in [0.717, 1.165) is 12.0 Å². The van der Waals surface area contributed by atoms with E-state index in [2.05, 4.69) is 15.6 Å². The van der Waals surface area contributed by atoms with Crippen LogP contribution in [0.3, 0.4) is 0 Å². The largest absolute Gasteiger partial charge is 0.388 e. The molecule has 0 saturated heterocycles. The number of aliphatic hydroxyl groups is 1. The Hall–Kier alpha value is -1.62. The second-order valence-electron chi connectivity index (χ2n) is 5.00. The quantitative estimate of drug-likeness (QED) is 0.717. The average Bonchev–Trinajstić information content (AvgIpc) is 2.51. The number of carbonyl (C=O) groups excluding carboxylic acids is 1. The van der Waals surface area contributed by atoms with Crippen molar-refractivity contribution in [2.45, 2.75) is 51.7 Å². The van der Waals surface area contributed by atoms with E-state index >= 15 is 0 Å². The van der Waals surface area contributed by atoms with Gasteiger partial charge in [-0.1, -0.05) is 20.8 Å². The molecule has 1 rings (SSSR count). The lowest BCUT2D eigenvalue weighted by Gasteiger charge is -2.26. The predicted molar refractivity (Wildman–Crippen MR) is 79.3 cm³/mol. The summed E-state index contributed by atoms with van der Waals surface area (Å²) in [5.41, 5.74) is 0.203. The van der Waals surface area contributed by atoms with Crippen LogP contribution in [0.1, 0.15) is 51.6 Å². The van der Waals surface area contributed by atoms with Crippen molar-refractivity contribution < 1.29 is 9.90 Å². The zero-order valence-electron chi connectivity index (χ0n) is 12.5. The van der Waals surface area contributed by atoms with Crippen molar-refractivity contribution >= 4 is 6.03 Å². The fourth-order valence-electron chi connectivity index (χ4n) is 1.97. The number of hydrogen-bond donors (Lipinski definition) is 3. The number of nitrogens with one attached hydrogen (secondary N) is 2. The maximum atomic E-state index is 11.9. The highest BCUT2D eigenvalue weighted by atomic mass is 16.3. The molecule has 112 valence electrons. The van der Waals surface area contributed by atoms with Crippen LogP contribution in [0.25, 0.3) is 0 Å². The van der Waals surface area contributed by atoms with Gasteiger partial charge in [-0.05, 0) is 37.0 Å². The number of amides is 2. The van der Waals surface area contributed by atoms with Gasteiger partial charge in [0.15, 0.2) is 0 Å². The van der Waals surface area contributed by atoms with Crippen LogP contribution in [0.2, 0.25) is 0 Å². The minimum absolute atomic E-state index is 0.0469. The third kappa shape index (κ3) is 4.81. The molecule has 0 aliphatic heterocycles. The zero-order valence-corrected chi connectivity index (χ0v) is 12.5. The SMILES string of the molecule is CCC(NC(=O)NCC(O)(CC)CC)c1ccncc1. The van der Waals surface area contributed by atoms with Crippen molar-refractivity contribution in [1.82, 2.24) is 15.6 Å². The molecule has 1 unspecified atom stereocenters. The minimum atomic E-state index is -0.824. The molecule has 5 nitrogen and oxygen atoms in total. The summed E-state index contributed by atoms with van der Waals surface area (Å²) in [6, 6.07) is 3.48. The van der Waals surface area contributed by atoms with Gasteiger partial charge < -0.3 is 15.7 Å². The van der Waals surface area contributed by atoms with Crippen molar-refractivity contribution in [3.63, 3.8) is 0 Å². The van der Waals surface area contributed by atoms with Crippen LogP contribution in [-0.2, 0) is 0 Å². The van der Waals surface area contributed by atoms with E-state index in [1.165, 1.54) is 0 Å². The molecule has 0 aliphatic carbocycles. The van der Waals surface area contributed by atoms with E-state index in [9.17, 15) is 9.90 Å². The monoisotopic (exact) mass is 279 g/mol. The first-order valence-electron chi connectivity index (χ1n) is 7.21. The summed E-state index contributed by atoms with van der Waals surface area (Å²) in [7, 11) is 0. The maximum absolute atomic E-state index is 11.9. The average molecular weight is 279 g/mol. The number of urea groups is 1. The summed E-state index contributed by atoms with van der Waals surface area (Å²) >= 11 is 0. The van der Waals surface area contributed by atoms with Crippen molar-refractivity contribution in [2.75, 3.05) is 6.54 Å². The third-order valence-electron chi connectivity index (χ3n) is 3.72. The lowest BCUT2D eigenvalue weighted by atomic mass is 9.98. The third-order valence-corrected chi connectivity index (χ3v) is 3.72. The highest BCUT2D eigenvalue weighted by Gasteiger charge is 2.23. The van der Waals surface area contributed by atoms with Gasteiger partial charge in [-0.3, -0.25) is 4.98 Å². The lowest BCUT2D eigenvalue weighted by molar-refractivity contribution is 0.0348. The second-order valence-corrected chi connectivity index (χ2v) is 5.00. The van der Waals surface area contributed by atoms with Gasteiger partial charge >= 0.3 is 6.03 Å². The highest BCUT2D eigenvalue weighted by molar-refractivity contribution is 5.74.